The molecule has 2 rings (SSSR count). The fraction of sp³-hybridized carbons (Fsp3) is 0.900. The molecule has 1 N–H and O–H groups in total. The molecule has 2 heterocycles. The third kappa shape index (κ3) is 1.57. The van der Waals surface area contributed by atoms with Gasteiger partial charge >= 0.3 is 0 Å². The van der Waals surface area contributed by atoms with E-state index in [1.54, 1.807) is 0 Å². The van der Waals surface area contributed by atoms with Crippen LogP contribution in [0.2, 0.25) is 0 Å². The minimum atomic E-state index is 0.442. The van der Waals surface area contributed by atoms with Crippen LogP contribution in [-0.4, -0.2) is 37.5 Å². The second-order valence-electron chi connectivity index (χ2n) is 4.67. The molecule has 1 amide bonds. The average molecular weight is 182 g/mol. The van der Waals surface area contributed by atoms with Crippen LogP contribution in [0.3, 0.4) is 0 Å². The lowest BCUT2D eigenvalue weighted by atomic mass is 9.76. The molecular formula is C10H18N2O. The first-order valence-electron chi connectivity index (χ1n) is 5.15. The smallest absolute Gasteiger partial charge is 0.209 e. The van der Waals surface area contributed by atoms with Crippen molar-refractivity contribution in [2.45, 2.75) is 19.8 Å². The SMILES string of the molecule is CC1(C2CCN(C=O)C2)CCNC1. The summed E-state index contributed by atoms with van der Waals surface area (Å²) in [6.07, 6.45) is 3.45. The van der Waals surface area contributed by atoms with Crippen LogP contribution in [0.25, 0.3) is 0 Å². The minimum Gasteiger partial charge on any atom is -0.345 e. The Hall–Kier alpha value is -0.570. The first-order chi connectivity index (χ1) is 6.24. The van der Waals surface area contributed by atoms with Gasteiger partial charge < -0.3 is 10.2 Å². The first kappa shape index (κ1) is 9.00. The number of carbonyl (C=O) groups is 1. The summed E-state index contributed by atoms with van der Waals surface area (Å²) in [6, 6.07) is 0. The van der Waals surface area contributed by atoms with Gasteiger partial charge in [-0.3, -0.25) is 4.79 Å². The van der Waals surface area contributed by atoms with Gasteiger partial charge in [0.25, 0.3) is 0 Å². The molecule has 3 heteroatoms. The van der Waals surface area contributed by atoms with Gasteiger partial charge in [-0.25, -0.2) is 0 Å². The third-order valence-electron chi connectivity index (χ3n) is 3.76. The van der Waals surface area contributed by atoms with Gasteiger partial charge in [-0.05, 0) is 30.7 Å². The average Bonchev–Trinajstić information content (AvgIpc) is 2.72. The molecule has 0 spiro atoms. The highest BCUT2D eigenvalue weighted by Gasteiger charge is 2.40. The number of hydrogen-bond donors (Lipinski definition) is 1. The van der Waals surface area contributed by atoms with E-state index in [4.69, 9.17) is 0 Å². The Bertz CT molecular complexity index is 199. The fourth-order valence-corrected chi connectivity index (χ4v) is 2.64. The van der Waals surface area contributed by atoms with Crippen LogP contribution in [-0.2, 0) is 4.79 Å². The van der Waals surface area contributed by atoms with E-state index < -0.39 is 0 Å². The monoisotopic (exact) mass is 182 g/mol. The van der Waals surface area contributed by atoms with Crippen LogP contribution in [0.15, 0.2) is 0 Å². The van der Waals surface area contributed by atoms with E-state index in [1.165, 1.54) is 12.8 Å². The van der Waals surface area contributed by atoms with Crippen molar-refractivity contribution in [2.75, 3.05) is 26.2 Å². The first-order valence-corrected chi connectivity index (χ1v) is 5.15. The molecule has 2 unspecified atom stereocenters. The van der Waals surface area contributed by atoms with Gasteiger partial charge in [0.15, 0.2) is 0 Å². The zero-order valence-electron chi connectivity index (χ0n) is 8.25. The molecule has 0 aromatic heterocycles. The van der Waals surface area contributed by atoms with Crippen molar-refractivity contribution in [3.05, 3.63) is 0 Å². The Morgan fingerprint density at radius 2 is 2.46 bits per heavy atom. The van der Waals surface area contributed by atoms with Crippen molar-refractivity contribution >= 4 is 6.41 Å². The van der Waals surface area contributed by atoms with E-state index in [0.717, 1.165) is 32.6 Å². The molecule has 74 valence electrons. The normalized spacial score (nSPS) is 39.8. The number of amides is 1. The molecule has 2 saturated heterocycles. The zero-order chi connectivity index (χ0) is 9.31. The molecule has 3 nitrogen and oxygen atoms in total. The van der Waals surface area contributed by atoms with Crippen LogP contribution >= 0.6 is 0 Å². The largest absolute Gasteiger partial charge is 0.345 e. The van der Waals surface area contributed by atoms with E-state index in [-0.39, 0.29) is 0 Å². The van der Waals surface area contributed by atoms with Crippen molar-refractivity contribution in [3.8, 4) is 0 Å². The molecule has 2 fully saturated rings. The maximum atomic E-state index is 10.6. The van der Waals surface area contributed by atoms with Gasteiger partial charge in [-0.15, -0.1) is 0 Å². The van der Waals surface area contributed by atoms with Crippen LogP contribution < -0.4 is 5.32 Å². The second-order valence-corrected chi connectivity index (χ2v) is 4.67. The van der Waals surface area contributed by atoms with Crippen molar-refractivity contribution in [2.24, 2.45) is 11.3 Å². The molecule has 0 aromatic rings. The summed E-state index contributed by atoms with van der Waals surface area (Å²) in [4.78, 5) is 12.5. The van der Waals surface area contributed by atoms with Gasteiger partial charge in [0, 0.05) is 19.6 Å². The number of hydrogen-bond acceptors (Lipinski definition) is 2. The fourth-order valence-electron chi connectivity index (χ4n) is 2.64. The molecular weight excluding hydrogens is 164 g/mol. The number of likely N-dealkylation sites (tertiary alicyclic amines) is 1. The summed E-state index contributed by atoms with van der Waals surface area (Å²) in [5.74, 6) is 0.715. The van der Waals surface area contributed by atoms with Crippen molar-refractivity contribution in [3.63, 3.8) is 0 Å². The molecule has 0 bridgehead atoms. The minimum absolute atomic E-state index is 0.442. The summed E-state index contributed by atoms with van der Waals surface area (Å²) in [6.45, 7) is 6.57. The van der Waals surface area contributed by atoms with E-state index in [9.17, 15) is 4.79 Å². The number of nitrogens with zero attached hydrogens (tertiary/aromatic N) is 1. The summed E-state index contributed by atoms with van der Waals surface area (Å²) in [7, 11) is 0. The Labute approximate surface area is 79.5 Å². The highest BCUT2D eigenvalue weighted by molar-refractivity contribution is 5.47. The van der Waals surface area contributed by atoms with E-state index in [2.05, 4.69) is 12.2 Å². The zero-order valence-corrected chi connectivity index (χ0v) is 8.25. The highest BCUT2D eigenvalue weighted by Crippen LogP contribution is 2.38. The van der Waals surface area contributed by atoms with E-state index in [1.807, 2.05) is 4.90 Å². The lowest BCUT2D eigenvalue weighted by Crippen LogP contribution is -2.32. The Morgan fingerprint density at radius 1 is 1.62 bits per heavy atom. The Balaban J connectivity index is 1.97. The molecule has 0 aromatic carbocycles. The van der Waals surface area contributed by atoms with Gasteiger partial charge in [-0.2, -0.15) is 0 Å². The predicted octanol–water partition coefficient (Wildman–Crippen LogP) is 0.464. The predicted molar refractivity (Wildman–Crippen MR) is 51.3 cm³/mol. The maximum absolute atomic E-state index is 10.6. The Kier molecular flexibility index (Phi) is 2.28. The van der Waals surface area contributed by atoms with Crippen LogP contribution in [0.4, 0.5) is 0 Å². The lowest BCUT2D eigenvalue weighted by Gasteiger charge is -2.29. The van der Waals surface area contributed by atoms with Crippen molar-refractivity contribution in [1.82, 2.24) is 10.2 Å². The van der Waals surface area contributed by atoms with Gasteiger partial charge in [0.1, 0.15) is 0 Å². The van der Waals surface area contributed by atoms with Crippen LogP contribution in [0.5, 0.6) is 0 Å². The van der Waals surface area contributed by atoms with E-state index in [0.29, 0.717) is 11.3 Å². The van der Waals surface area contributed by atoms with Gasteiger partial charge in [0.2, 0.25) is 6.41 Å². The number of rotatable bonds is 2. The molecule has 2 aliphatic rings. The standard InChI is InChI=1S/C10H18N2O/c1-10(3-4-11-7-10)9-2-5-12(6-9)8-13/h8-9,11H,2-7H2,1H3. The molecule has 2 aliphatic heterocycles. The number of nitrogens with one attached hydrogen (secondary N) is 1. The Morgan fingerprint density at radius 3 is 3.00 bits per heavy atom. The molecule has 0 radical (unpaired) electrons. The van der Waals surface area contributed by atoms with Crippen molar-refractivity contribution < 1.29 is 4.79 Å². The third-order valence-corrected chi connectivity index (χ3v) is 3.76. The quantitative estimate of drug-likeness (QED) is 0.629. The maximum Gasteiger partial charge on any atom is 0.209 e. The van der Waals surface area contributed by atoms with Gasteiger partial charge in [-0.1, -0.05) is 6.92 Å². The van der Waals surface area contributed by atoms with Crippen LogP contribution in [0.1, 0.15) is 19.8 Å². The second kappa shape index (κ2) is 3.29. The lowest BCUT2D eigenvalue weighted by molar-refractivity contribution is -0.117. The van der Waals surface area contributed by atoms with Gasteiger partial charge in [0.05, 0.1) is 0 Å². The highest BCUT2D eigenvalue weighted by atomic mass is 16.1. The molecule has 0 aliphatic carbocycles. The summed E-state index contributed by atoms with van der Waals surface area (Å²) >= 11 is 0. The molecule has 2 atom stereocenters. The summed E-state index contributed by atoms with van der Waals surface area (Å²) in [5.41, 5.74) is 0.442. The topological polar surface area (TPSA) is 32.3 Å². The molecule has 0 saturated carbocycles. The molecule has 13 heavy (non-hydrogen) atoms. The summed E-state index contributed by atoms with van der Waals surface area (Å²) in [5, 5.41) is 3.42. The van der Waals surface area contributed by atoms with Crippen molar-refractivity contribution in [1.29, 1.82) is 0 Å². The number of carbonyl (C=O) groups excluding carboxylic acids is 1. The van der Waals surface area contributed by atoms with E-state index >= 15 is 0 Å². The van der Waals surface area contributed by atoms with Crippen LogP contribution in [0, 0.1) is 11.3 Å². The summed E-state index contributed by atoms with van der Waals surface area (Å²) < 4.78 is 0.